The van der Waals surface area contributed by atoms with Gasteiger partial charge in [0.1, 0.15) is 22.5 Å². The van der Waals surface area contributed by atoms with Gasteiger partial charge < -0.3 is 19.5 Å². The Labute approximate surface area is 161 Å². The van der Waals surface area contributed by atoms with Crippen molar-refractivity contribution >= 4 is 23.2 Å². The summed E-state index contributed by atoms with van der Waals surface area (Å²) in [5, 5.41) is 11.8. The number of benzene rings is 1. The molecule has 0 saturated carbocycles. The van der Waals surface area contributed by atoms with E-state index < -0.39 is 12.0 Å². The molecule has 1 saturated heterocycles. The van der Waals surface area contributed by atoms with Crippen LogP contribution in [-0.2, 0) is 9.53 Å². The van der Waals surface area contributed by atoms with Gasteiger partial charge in [-0.2, -0.15) is 0 Å². The predicted octanol–water partition coefficient (Wildman–Crippen LogP) is 2.91. The standard InChI is InChI=1S/C19H22N2O5S/c1-3-8-26-13-6-4-12(5-7-13)17-20-15(11-27-17)18(22)21-10-14(25-2)9-16(21)19(23)24/h4-7,11,14,16H,3,8-10H2,1-2H3,(H,23,24). The number of carbonyl (C=O) groups excluding carboxylic acids is 1. The minimum absolute atomic E-state index is 0.253. The van der Waals surface area contributed by atoms with Crippen molar-refractivity contribution in [2.45, 2.75) is 31.9 Å². The van der Waals surface area contributed by atoms with Gasteiger partial charge in [-0.1, -0.05) is 6.92 Å². The summed E-state index contributed by atoms with van der Waals surface area (Å²) in [6.45, 7) is 2.97. The minimum Gasteiger partial charge on any atom is -0.494 e. The summed E-state index contributed by atoms with van der Waals surface area (Å²) in [7, 11) is 1.52. The summed E-state index contributed by atoms with van der Waals surface area (Å²) in [5.74, 6) is -0.617. The monoisotopic (exact) mass is 390 g/mol. The molecule has 0 spiro atoms. The van der Waals surface area contributed by atoms with Gasteiger partial charge >= 0.3 is 5.97 Å². The molecular weight excluding hydrogens is 368 g/mol. The Balaban J connectivity index is 1.74. The molecule has 2 atom stereocenters. The lowest BCUT2D eigenvalue weighted by Gasteiger charge is -2.19. The maximum absolute atomic E-state index is 12.8. The van der Waals surface area contributed by atoms with Crippen LogP contribution in [-0.4, -0.2) is 59.3 Å². The highest BCUT2D eigenvalue weighted by atomic mass is 32.1. The lowest BCUT2D eigenvalue weighted by Crippen LogP contribution is -2.40. The maximum Gasteiger partial charge on any atom is 0.326 e. The molecule has 7 nitrogen and oxygen atoms in total. The normalized spacial score (nSPS) is 19.3. The van der Waals surface area contributed by atoms with Crippen molar-refractivity contribution in [1.82, 2.24) is 9.88 Å². The second-order valence-electron chi connectivity index (χ2n) is 6.32. The molecule has 2 unspecified atom stereocenters. The first-order valence-corrected chi connectivity index (χ1v) is 9.66. The summed E-state index contributed by atoms with van der Waals surface area (Å²) in [6, 6.07) is 6.66. The smallest absolute Gasteiger partial charge is 0.326 e. The Morgan fingerprint density at radius 1 is 1.33 bits per heavy atom. The quantitative estimate of drug-likeness (QED) is 0.782. The number of rotatable bonds is 7. The first kappa shape index (κ1) is 19.3. The van der Waals surface area contributed by atoms with Crippen molar-refractivity contribution in [3.8, 4) is 16.3 Å². The number of carboxylic acid groups (broad SMARTS) is 1. The second-order valence-corrected chi connectivity index (χ2v) is 7.17. The SMILES string of the molecule is CCCOc1ccc(-c2nc(C(=O)N3CC(OC)CC3C(=O)O)cs2)cc1. The largest absolute Gasteiger partial charge is 0.494 e. The predicted molar refractivity (Wildman–Crippen MR) is 101 cm³/mol. The third-order valence-corrected chi connectivity index (χ3v) is 5.33. The van der Waals surface area contributed by atoms with E-state index in [9.17, 15) is 14.7 Å². The highest BCUT2D eigenvalue weighted by molar-refractivity contribution is 7.13. The van der Waals surface area contributed by atoms with Gasteiger partial charge in [-0.05, 0) is 30.7 Å². The van der Waals surface area contributed by atoms with Crippen LogP contribution in [0.4, 0.5) is 0 Å². The van der Waals surface area contributed by atoms with E-state index in [1.807, 2.05) is 31.2 Å². The molecular formula is C19H22N2O5S. The lowest BCUT2D eigenvalue weighted by atomic mass is 10.2. The Morgan fingerprint density at radius 3 is 2.70 bits per heavy atom. The second kappa shape index (κ2) is 8.49. The van der Waals surface area contributed by atoms with Gasteiger partial charge in [0.15, 0.2) is 0 Å². The van der Waals surface area contributed by atoms with Gasteiger partial charge in [-0.25, -0.2) is 9.78 Å². The fraction of sp³-hybridized carbons (Fsp3) is 0.421. The van der Waals surface area contributed by atoms with E-state index in [1.165, 1.54) is 23.3 Å². The van der Waals surface area contributed by atoms with Gasteiger partial charge in [-0.15, -0.1) is 11.3 Å². The van der Waals surface area contributed by atoms with Crippen LogP contribution in [0.3, 0.4) is 0 Å². The van der Waals surface area contributed by atoms with Crippen LogP contribution < -0.4 is 4.74 Å². The van der Waals surface area contributed by atoms with Crippen LogP contribution in [0.2, 0.25) is 0 Å². The van der Waals surface area contributed by atoms with Crippen LogP contribution >= 0.6 is 11.3 Å². The van der Waals surface area contributed by atoms with Crippen molar-refractivity contribution in [3.63, 3.8) is 0 Å². The number of likely N-dealkylation sites (tertiary alicyclic amines) is 1. The fourth-order valence-electron chi connectivity index (χ4n) is 2.99. The highest BCUT2D eigenvalue weighted by Gasteiger charge is 2.40. The van der Waals surface area contributed by atoms with Crippen molar-refractivity contribution in [2.75, 3.05) is 20.3 Å². The van der Waals surface area contributed by atoms with Gasteiger partial charge in [0.05, 0.1) is 12.7 Å². The summed E-state index contributed by atoms with van der Waals surface area (Å²) >= 11 is 1.35. The number of methoxy groups -OCH3 is 1. The molecule has 1 fully saturated rings. The Hall–Kier alpha value is -2.45. The number of ether oxygens (including phenoxy) is 2. The Bertz CT molecular complexity index is 805. The molecule has 0 aliphatic carbocycles. The number of hydrogen-bond donors (Lipinski definition) is 1. The first-order valence-electron chi connectivity index (χ1n) is 8.78. The van der Waals surface area contributed by atoms with Crippen LogP contribution in [0, 0.1) is 0 Å². The summed E-state index contributed by atoms with van der Waals surface area (Å²) in [6.07, 6.45) is 0.953. The van der Waals surface area contributed by atoms with E-state index >= 15 is 0 Å². The average Bonchev–Trinajstić information content (AvgIpc) is 3.33. The molecule has 144 valence electrons. The van der Waals surface area contributed by atoms with Gasteiger partial charge in [0, 0.05) is 31.0 Å². The molecule has 1 amide bonds. The van der Waals surface area contributed by atoms with Crippen LogP contribution in [0.15, 0.2) is 29.6 Å². The van der Waals surface area contributed by atoms with Crippen LogP contribution in [0.25, 0.3) is 10.6 Å². The average molecular weight is 390 g/mol. The number of carboxylic acids is 1. The number of thiazole rings is 1. The molecule has 1 N–H and O–H groups in total. The number of amides is 1. The number of aromatic nitrogens is 1. The third-order valence-electron chi connectivity index (χ3n) is 4.44. The molecule has 1 aromatic heterocycles. The molecule has 1 aliphatic rings. The molecule has 27 heavy (non-hydrogen) atoms. The summed E-state index contributed by atoms with van der Waals surface area (Å²) in [4.78, 5) is 30.0. The maximum atomic E-state index is 12.8. The number of hydrogen-bond acceptors (Lipinski definition) is 6. The number of carbonyl (C=O) groups is 2. The third kappa shape index (κ3) is 4.28. The topological polar surface area (TPSA) is 89.0 Å². The number of aliphatic carboxylic acids is 1. The van der Waals surface area contributed by atoms with E-state index in [0.717, 1.165) is 17.7 Å². The Kier molecular flexibility index (Phi) is 6.08. The lowest BCUT2D eigenvalue weighted by molar-refractivity contribution is -0.141. The van der Waals surface area contributed by atoms with Crippen LogP contribution in [0.1, 0.15) is 30.3 Å². The number of nitrogens with zero attached hydrogens (tertiary/aromatic N) is 2. The van der Waals surface area contributed by atoms with Crippen molar-refractivity contribution < 1.29 is 24.2 Å². The highest BCUT2D eigenvalue weighted by Crippen LogP contribution is 2.28. The fourth-order valence-corrected chi connectivity index (χ4v) is 3.79. The minimum atomic E-state index is -1.03. The molecule has 0 bridgehead atoms. The summed E-state index contributed by atoms with van der Waals surface area (Å²) < 4.78 is 10.8. The molecule has 2 heterocycles. The van der Waals surface area contributed by atoms with Crippen molar-refractivity contribution in [3.05, 3.63) is 35.3 Å². The Morgan fingerprint density at radius 2 is 2.07 bits per heavy atom. The van der Waals surface area contributed by atoms with Gasteiger partial charge in [0.2, 0.25) is 0 Å². The zero-order valence-corrected chi connectivity index (χ0v) is 16.1. The molecule has 2 aromatic rings. The van der Waals surface area contributed by atoms with E-state index in [4.69, 9.17) is 9.47 Å². The van der Waals surface area contributed by atoms with Crippen LogP contribution in [0.5, 0.6) is 5.75 Å². The van der Waals surface area contributed by atoms with E-state index in [0.29, 0.717) is 11.6 Å². The zero-order valence-electron chi connectivity index (χ0n) is 15.3. The first-order chi connectivity index (χ1) is 13.0. The van der Waals surface area contributed by atoms with Gasteiger partial charge in [-0.3, -0.25) is 4.79 Å². The van der Waals surface area contributed by atoms with E-state index in [1.54, 1.807) is 5.38 Å². The molecule has 0 radical (unpaired) electrons. The molecule has 1 aliphatic heterocycles. The van der Waals surface area contributed by atoms with E-state index in [-0.39, 0.29) is 30.7 Å². The van der Waals surface area contributed by atoms with Crippen molar-refractivity contribution in [1.29, 1.82) is 0 Å². The van der Waals surface area contributed by atoms with Crippen molar-refractivity contribution in [2.24, 2.45) is 0 Å². The zero-order chi connectivity index (χ0) is 19.4. The summed E-state index contributed by atoms with van der Waals surface area (Å²) in [5.41, 5.74) is 1.14. The molecule has 8 heteroatoms. The van der Waals surface area contributed by atoms with Gasteiger partial charge in [0.25, 0.3) is 5.91 Å². The molecule has 3 rings (SSSR count). The van der Waals surface area contributed by atoms with E-state index in [2.05, 4.69) is 4.98 Å². The molecule has 1 aromatic carbocycles.